The first-order chi connectivity index (χ1) is 10.3. The van der Waals surface area contributed by atoms with Crippen molar-refractivity contribution in [2.45, 2.75) is 100 Å². The van der Waals surface area contributed by atoms with Crippen LogP contribution in [-0.2, 0) is 28.1 Å². The van der Waals surface area contributed by atoms with Crippen LogP contribution in [0, 0.1) is 0 Å². The fraction of sp³-hybridized carbons (Fsp3) is 0.941. The van der Waals surface area contributed by atoms with E-state index < -0.39 is 29.3 Å². The van der Waals surface area contributed by atoms with Crippen LogP contribution in [0.4, 0.5) is 0 Å². The van der Waals surface area contributed by atoms with E-state index >= 15 is 0 Å². The zero-order valence-corrected chi connectivity index (χ0v) is 20.0. The second kappa shape index (κ2) is 18.7. The molecule has 0 heterocycles. The molecule has 21 heavy (non-hydrogen) atoms. The van der Waals surface area contributed by atoms with Crippen LogP contribution in [0.1, 0.15) is 96.3 Å². The van der Waals surface area contributed by atoms with E-state index in [9.17, 15) is 4.79 Å². The van der Waals surface area contributed by atoms with Crippen LogP contribution < -0.4 is 0 Å². The predicted molar refractivity (Wildman–Crippen MR) is 87.6 cm³/mol. The Balaban J connectivity index is 2.95. The van der Waals surface area contributed by atoms with Gasteiger partial charge in [-0.1, -0.05) is 12.8 Å². The summed E-state index contributed by atoms with van der Waals surface area (Å²) in [6.45, 7) is 0. The SMILES string of the molecule is O=C(O)CCCCCCCCCCCCCCC[CH2][Hg][Cl]. The molecule has 0 amide bonds. The molecule has 0 aliphatic carbocycles. The van der Waals surface area contributed by atoms with E-state index in [1.54, 1.807) is 0 Å². The number of carboxylic acid groups (broad SMARTS) is 1. The third-order valence-electron chi connectivity index (χ3n) is 4.02. The van der Waals surface area contributed by atoms with Gasteiger partial charge in [0.15, 0.2) is 0 Å². The van der Waals surface area contributed by atoms with Crippen LogP contribution in [0.15, 0.2) is 0 Å². The number of carboxylic acids is 1. The van der Waals surface area contributed by atoms with Crippen LogP contribution in [-0.4, -0.2) is 11.1 Å². The van der Waals surface area contributed by atoms with Gasteiger partial charge in [-0.2, -0.15) is 0 Å². The summed E-state index contributed by atoms with van der Waals surface area (Å²) in [5, 5.41) is 8.53. The monoisotopic (exact) mass is 506 g/mol. The Bertz CT molecular complexity index is 225. The summed E-state index contributed by atoms with van der Waals surface area (Å²) in [6.07, 6.45) is 18.7. The van der Waals surface area contributed by atoms with Gasteiger partial charge in [0.1, 0.15) is 0 Å². The fourth-order valence-electron chi connectivity index (χ4n) is 2.67. The molecule has 0 bridgehead atoms. The fourth-order valence-corrected chi connectivity index (χ4v) is 6.44. The number of unbranched alkanes of at least 4 members (excludes halogenated alkanes) is 13. The van der Waals surface area contributed by atoms with Crippen molar-refractivity contribution in [3.05, 3.63) is 0 Å². The molecule has 0 aromatic carbocycles. The summed E-state index contributed by atoms with van der Waals surface area (Å²) >= 11 is -0.822. The molecule has 0 aromatic rings. The van der Waals surface area contributed by atoms with Crippen molar-refractivity contribution >= 4 is 14.2 Å². The molecular formula is C17H33ClHgO2. The number of carbonyl (C=O) groups is 1. The molecule has 0 unspecified atom stereocenters. The first kappa shape index (κ1) is 21.7. The molecule has 1 N–H and O–H groups in total. The van der Waals surface area contributed by atoms with Crippen molar-refractivity contribution in [3.8, 4) is 0 Å². The predicted octanol–water partition coefficient (Wildman–Crippen LogP) is 6.58. The molecule has 0 spiro atoms. The van der Waals surface area contributed by atoms with E-state index in [1.807, 2.05) is 0 Å². The van der Waals surface area contributed by atoms with Gasteiger partial charge in [0.25, 0.3) is 0 Å². The molecule has 0 aromatic heterocycles. The molecule has 0 rings (SSSR count). The standard InChI is InChI=1S/C17H33O2.ClH.Hg/c1-2-3-4-5-6-7-8-9-10-11-12-13-14-15-16-17(18)19;;/h1-16H2,(H,18,19);1H;/q;;+1/p-1. The Morgan fingerprint density at radius 3 is 1.33 bits per heavy atom. The average Bonchev–Trinajstić information content (AvgIpc) is 2.46. The van der Waals surface area contributed by atoms with Gasteiger partial charge in [-0.05, 0) is 6.42 Å². The van der Waals surface area contributed by atoms with Gasteiger partial charge in [-0.15, -0.1) is 0 Å². The van der Waals surface area contributed by atoms with Crippen molar-refractivity contribution in [2.24, 2.45) is 0 Å². The molecular weight excluding hydrogens is 472 g/mol. The minimum absolute atomic E-state index is 0.342. The quantitative estimate of drug-likeness (QED) is 0.179. The average molecular weight is 505 g/mol. The van der Waals surface area contributed by atoms with Crippen LogP contribution >= 0.6 is 8.25 Å². The zero-order chi connectivity index (χ0) is 15.6. The van der Waals surface area contributed by atoms with Crippen LogP contribution in [0.25, 0.3) is 0 Å². The Hall–Kier alpha value is 0.695. The van der Waals surface area contributed by atoms with Crippen molar-refractivity contribution in [2.75, 3.05) is 0 Å². The maximum atomic E-state index is 10.3. The minimum atomic E-state index is -0.822. The van der Waals surface area contributed by atoms with Gasteiger partial charge in [-0.25, -0.2) is 0 Å². The number of hydrogen-bond donors (Lipinski definition) is 1. The molecule has 0 aliphatic heterocycles. The molecule has 2 nitrogen and oxygen atoms in total. The molecule has 4 heteroatoms. The number of hydrogen-bond acceptors (Lipinski definition) is 1. The second-order valence-electron chi connectivity index (χ2n) is 6.14. The molecule has 0 radical (unpaired) electrons. The van der Waals surface area contributed by atoms with E-state index in [1.165, 1.54) is 81.0 Å². The number of aliphatic carboxylic acids is 1. The second-order valence-corrected chi connectivity index (χ2v) is 13.7. The normalized spacial score (nSPS) is 10.5. The van der Waals surface area contributed by atoms with E-state index in [-0.39, 0.29) is 0 Å². The third kappa shape index (κ3) is 20.7. The number of halogens is 1. The molecule has 0 saturated heterocycles. The molecule has 122 valence electrons. The zero-order valence-electron chi connectivity index (χ0n) is 13.8. The first-order valence-corrected chi connectivity index (χ1v) is 19.7. The van der Waals surface area contributed by atoms with E-state index in [2.05, 4.69) is 0 Å². The summed E-state index contributed by atoms with van der Waals surface area (Å²) in [4.78, 5) is 10.3. The number of rotatable bonds is 17. The summed E-state index contributed by atoms with van der Waals surface area (Å²) in [7, 11) is 5.87. The summed E-state index contributed by atoms with van der Waals surface area (Å²) in [5.41, 5.74) is 0. The molecule has 0 saturated carbocycles. The first-order valence-electron chi connectivity index (χ1n) is 9.05. The van der Waals surface area contributed by atoms with Gasteiger partial charge in [-0.3, -0.25) is 4.79 Å². The van der Waals surface area contributed by atoms with E-state index in [0.717, 1.165) is 12.8 Å². The Morgan fingerprint density at radius 2 is 1.00 bits per heavy atom. The van der Waals surface area contributed by atoms with Crippen LogP contribution in [0.5, 0.6) is 0 Å². The van der Waals surface area contributed by atoms with Gasteiger partial charge in [0.2, 0.25) is 0 Å². The van der Waals surface area contributed by atoms with Gasteiger partial charge in [0, 0.05) is 6.42 Å². The van der Waals surface area contributed by atoms with E-state index in [0.29, 0.717) is 6.42 Å². The van der Waals surface area contributed by atoms with Gasteiger partial charge >= 0.3 is 112 Å². The van der Waals surface area contributed by atoms with Crippen molar-refractivity contribution in [1.82, 2.24) is 0 Å². The van der Waals surface area contributed by atoms with E-state index in [4.69, 9.17) is 13.4 Å². The third-order valence-corrected chi connectivity index (χ3v) is 9.35. The Morgan fingerprint density at radius 1 is 0.667 bits per heavy atom. The van der Waals surface area contributed by atoms with Crippen LogP contribution in [0.3, 0.4) is 0 Å². The molecule has 0 aliphatic rings. The molecule has 0 atom stereocenters. The van der Waals surface area contributed by atoms with Gasteiger partial charge < -0.3 is 5.11 Å². The van der Waals surface area contributed by atoms with Crippen LogP contribution in [0.2, 0.25) is 3.93 Å². The Labute approximate surface area is 147 Å². The van der Waals surface area contributed by atoms with Gasteiger partial charge in [0.05, 0.1) is 0 Å². The van der Waals surface area contributed by atoms with Crippen molar-refractivity contribution in [1.29, 1.82) is 0 Å². The van der Waals surface area contributed by atoms with Crippen molar-refractivity contribution in [3.63, 3.8) is 0 Å². The summed E-state index contributed by atoms with van der Waals surface area (Å²) < 4.78 is 1.40. The Kier molecular flexibility index (Phi) is 19.4. The summed E-state index contributed by atoms with van der Waals surface area (Å²) in [6, 6.07) is 0. The molecule has 0 fully saturated rings. The van der Waals surface area contributed by atoms with Crippen molar-refractivity contribution < 1.29 is 33.2 Å². The topological polar surface area (TPSA) is 37.3 Å². The maximum absolute atomic E-state index is 10.3. The summed E-state index contributed by atoms with van der Waals surface area (Å²) in [5.74, 6) is -0.656.